The predicted molar refractivity (Wildman–Crippen MR) is 71.8 cm³/mol. The van der Waals surface area contributed by atoms with Crippen molar-refractivity contribution in [1.82, 2.24) is 4.90 Å². The molecular weight excluding hydrogens is 252 g/mol. The molecule has 1 aliphatic rings. The Labute approximate surface area is 112 Å². The molecule has 2 rings (SSSR count). The minimum atomic E-state index is -0.606. The SMILES string of the molecule is CCC1(O)CN(CC(=O)Nc2ccccc2Cl)C1. The topological polar surface area (TPSA) is 52.6 Å². The summed E-state index contributed by atoms with van der Waals surface area (Å²) in [6.45, 7) is 3.34. The van der Waals surface area contributed by atoms with Crippen LogP contribution in [0.1, 0.15) is 13.3 Å². The molecule has 0 saturated carbocycles. The number of carbonyl (C=O) groups is 1. The average Bonchev–Trinajstić information content (AvgIpc) is 2.30. The lowest BCUT2D eigenvalue weighted by Gasteiger charge is -2.45. The molecule has 0 bridgehead atoms. The Morgan fingerprint density at radius 2 is 2.17 bits per heavy atom. The van der Waals surface area contributed by atoms with Crippen LogP contribution in [0.5, 0.6) is 0 Å². The van der Waals surface area contributed by atoms with Crippen LogP contribution in [0.25, 0.3) is 0 Å². The Bertz CT molecular complexity index is 444. The summed E-state index contributed by atoms with van der Waals surface area (Å²) >= 11 is 5.95. The van der Waals surface area contributed by atoms with E-state index in [4.69, 9.17) is 11.6 Å². The lowest BCUT2D eigenvalue weighted by atomic mass is 9.91. The number of halogens is 1. The first-order valence-corrected chi connectivity index (χ1v) is 6.39. The van der Waals surface area contributed by atoms with Crippen molar-refractivity contribution in [2.75, 3.05) is 25.0 Å². The third-order valence-electron chi connectivity index (χ3n) is 3.21. The Morgan fingerprint density at radius 1 is 1.50 bits per heavy atom. The van der Waals surface area contributed by atoms with E-state index in [0.717, 1.165) is 6.42 Å². The zero-order valence-corrected chi connectivity index (χ0v) is 11.1. The molecule has 0 spiro atoms. The fourth-order valence-corrected chi connectivity index (χ4v) is 2.26. The van der Waals surface area contributed by atoms with Crippen LogP contribution in [-0.4, -0.2) is 41.1 Å². The van der Waals surface area contributed by atoms with Crippen LogP contribution in [0.4, 0.5) is 5.69 Å². The Balaban J connectivity index is 1.82. The highest BCUT2D eigenvalue weighted by atomic mass is 35.5. The van der Waals surface area contributed by atoms with Crippen molar-refractivity contribution < 1.29 is 9.90 Å². The van der Waals surface area contributed by atoms with Crippen molar-refractivity contribution in [3.8, 4) is 0 Å². The van der Waals surface area contributed by atoms with Crippen LogP contribution >= 0.6 is 11.6 Å². The van der Waals surface area contributed by atoms with Crippen LogP contribution in [0, 0.1) is 0 Å². The van der Waals surface area contributed by atoms with Crippen LogP contribution in [0.2, 0.25) is 5.02 Å². The van der Waals surface area contributed by atoms with Gasteiger partial charge in [-0.05, 0) is 18.6 Å². The molecule has 1 saturated heterocycles. The summed E-state index contributed by atoms with van der Waals surface area (Å²) in [6, 6.07) is 7.13. The number of likely N-dealkylation sites (tertiary alicyclic amines) is 1. The predicted octanol–water partition coefficient (Wildman–Crippen LogP) is 1.74. The van der Waals surface area contributed by atoms with E-state index in [0.29, 0.717) is 23.8 Å². The van der Waals surface area contributed by atoms with Gasteiger partial charge in [-0.2, -0.15) is 0 Å². The minimum absolute atomic E-state index is 0.110. The van der Waals surface area contributed by atoms with Gasteiger partial charge in [0, 0.05) is 13.1 Å². The summed E-state index contributed by atoms with van der Waals surface area (Å²) in [7, 11) is 0. The number of aliphatic hydroxyl groups is 1. The molecule has 5 heteroatoms. The molecule has 18 heavy (non-hydrogen) atoms. The highest BCUT2D eigenvalue weighted by molar-refractivity contribution is 6.33. The summed E-state index contributed by atoms with van der Waals surface area (Å²) in [6.07, 6.45) is 0.718. The zero-order valence-electron chi connectivity index (χ0n) is 10.3. The Hall–Kier alpha value is -1.10. The smallest absolute Gasteiger partial charge is 0.238 e. The number of anilines is 1. The number of carbonyl (C=O) groups excluding carboxylic acids is 1. The van der Waals surface area contributed by atoms with Gasteiger partial charge in [0.2, 0.25) is 5.91 Å². The van der Waals surface area contributed by atoms with E-state index < -0.39 is 5.60 Å². The van der Waals surface area contributed by atoms with Gasteiger partial charge in [-0.3, -0.25) is 9.69 Å². The first kappa shape index (κ1) is 13.3. The van der Waals surface area contributed by atoms with E-state index in [2.05, 4.69) is 5.32 Å². The maximum Gasteiger partial charge on any atom is 0.238 e. The largest absolute Gasteiger partial charge is 0.387 e. The van der Waals surface area contributed by atoms with Crippen LogP contribution in [0.15, 0.2) is 24.3 Å². The number of hydrogen-bond donors (Lipinski definition) is 2. The lowest BCUT2D eigenvalue weighted by molar-refractivity contribution is -0.128. The van der Waals surface area contributed by atoms with Gasteiger partial charge in [-0.1, -0.05) is 30.7 Å². The van der Waals surface area contributed by atoms with E-state index in [1.165, 1.54) is 0 Å². The second-order valence-corrected chi connectivity index (χ2v) is 5.16. The molecule has 0 aliphatic carbocycles. The third kappa shape index (κ3) is 3.02. The van der Waals surface area contributed by atoms with Gasteiger partial charge in [0.15, 0.2) is 0 Å². The molecule has 0 aromatic heterocycles. The van der Waals surface area contributed by atoms with E-state index in [9.17, 15) is 9.90 Å². The summed E-state index contributed by atoms with van der Waals surface area (Å²) in [5, 5.41) is 13.1. The van der Waals surface area contributed by atoms with Crippen molar-refractivity contribution in [3.05, 3.63) is 29.3 Å². The molecule has 1 aromatic carbocycles. The highest BCUT2D eigenvalue weighted by Gasteiger charge is 2.39. The third-order valence-corrected chi connectivity index (χ3v) is 3.54. The molecule has 1 heterocycles. The number of benzene rings is 1. The Morgan fingerprint density at radius 3 is 2.78 bits per heavy atom. The van der Waals surface area contributed by atoms with E-state index in [-0.39, 0.29) is 12.5 Å². The highest BCUT2D eigenvalue weighted by Crippen LogP contribution is 2.24. The molecule has 1 amide bonds. The van der Waals surface area contributed by atoms with Gasteiger partial charge < -0.3 is 10.4 Å². The minimum Gasteiger partial charge on any atom is -0.387 e. The summed E-state index contributed by atoms with van der Waals surface area (Å²) in [5.41, 5.74) is 0.0143. The molecule has 1 aliphatic heterocycles. The van der Waals surface area contributed by atoms with Crippen molar-refractivity contribution in [1.29, 1.82) is 0 Å². The van der Waals surface area contributed by atoms with Gasteiger partial charge in [0.05, 0.1) is 22.9 Å². The molecular formula is C13H17ClN2O2. The van der Waals surface area contributed by atoms with Crippen LogP contribution in [0.3, 0.4) is 0 Å². The van der Waals surface area contributed by atoms with Gasteiger partial charge in [-0.15, -0.1) is 0 Å². The van der Waals surface area contributed by atoms with Crippen molar-refractivity contribution in [2.45, 2.75) is 18.9 Å². The normalized spacial score (nSPS) is 18.2. The fraction of sp³-hybridized carbons (Fsp3) is 0.462. The number of amides is 1. The molecule has 1 fully saturated rings. The summed E-state index contributed by atoms with van der Waals surface area (Å²) in [4.78, 5) is 13.7. The molecule has 98 valence electrons. The van der Waals surface area contributed by atoms with Crippen molar-refractivity contribution in [3.63, 3.8) is 0 Å². The molecule has 4 nitrogen and oxygen atoms in total. The average molecular weight is 269 g/mol. The summed E-state index contributed by atoms with van der Waals surface area (Å²) in [5.74, 6) is -0.110. The van der Waals surface area contributed by atoms with Crippen LogP contribution < -0.4 is 5.32 Å². The molecule has 0 unspecified atom stereocenters. The molecule has 2 N–H and O–H groups in total. The fourth-order valence-electron chi connectivity index (χ4n) is 2.08. The number of hydrogen-bond acceptors (Lipinski definition) is 3. The zero-order chi connectivity index (χ0) is 13.2. The lowest BCUT2D eigenvalue weighted by Crippen LogP contribution is -2.62. The van der Waals surface area contributed by atoms with Gasteiger partial charge in [0.25, 0.3) is 0 Å². The monoisotopic (exact) mass is 268 g/mol. The van der Waals surface area contributed by atoms with Gasteiger partial charge >= 0.3 is 0 Å². The first-order chi connectivity index (χ1) is 8.52. The summed E-state index contributed by atoms with van der Waals surface area (Å²) < 4.78 is 0. The van der Waals surface area contributed by atoms with Gasteiger partial charge in [-0.25, -0.2) is 0 Å². The van der Waals surface area contributed by atoms with E-state index >= 15 is 0 Å². The number of nitrogens with zero attached hydrogens (tertiary/aromatic N) is 1. The number of rotatable bonds is 4. The number of para-hydroxylation sites is 1. The van der Waals surface area contributed by atoms with Crippen molar-refractivity contribution in [2.24, 2.45) is 0 Å². The first-order valence-electron chi connectivity index (χ1n) is 6.01. The van der Waals surface area contributed by atoms with E-state index in [1.54, 1.807) is 12.1 Å². The number of nitrogens with one attached hydrogen (secondary N) is 1. The van der Waals surface area contributed by atoms with E-state index in [1.807, 2.05) is 24.0 Å². The molecule has 1 aromatic rings. The van der Waals surface area contributed by atoms with Crippen molar-refractivity contribution >= 4 is 23.2 Å². The maximum absolute atomic E-state index is 11.8. The Kier molecular flexibility index (Phi) is 3.90. The quantitative estimate of drug-likeness (QED) is 0.875. The van der Waals surface area contributed by atoms with Crippen LogP contribution in [-0.2, 0) is 4.79 Å². The second kappa shape index (κ2) is 5.26. The number of β-amino-alcohol motifs (C(OH)–C–C–N with tert-alkyl or cyclic N) is 1. The standard InChI is InChI=1S/C13H17ClN2O2/c1-2-13(18)8-16(9-13)7-12(17)15-11-6-4-3-5-10(11)14/h3-6,18H,2,7-9H2,1H3,(H,15,17). The molecule has 0 radical (unpaired) electrons. The second-order valence-electron chi connectivity index (χ2n) is 4.75. The van der Waals surface area contributed by atoms with Gasteiger partial charge in [0.1, 0.15) is 0 Å². The molecule has 0 atom stereocenters. The maximum atomic E-state index is 11.8.